The first-order valence-electron chi connectivity index (χ1n) is 10.7. The van der Waals surface area contributed by atoms with Crippen LogP contribution in [0.2, 0.25) is 5.02 Å². The number of fused-ring (bicyclic) bond motifs is 1. The fourth-order valence-electron chi connectivity index (χ4n) is 4.37. The van der Waals surface area contributed by atoms with Gasteiger partial charge < -0.3 is 20.3 Å². The molecule has 1 unspecified atom stereocenters. The van der Waals surface area contributed by atoms with Gasteiger partial charge >= 0.3 is 6.03 Å². The molecule has 30 heavy (non-hydrogen) atoms. The average Bonchev–Trinajstić information content (AvgIpc) is 3.52. The van der Waals surface area contributed by atoms with E-state index >= 15 is 0 Å². The van der Waals surface area contributed by atoms with Crippen molar-refractivity contribution in [1.29, 1.82) is 0 Å². The first kappa shape index (κ1) is 19.6. The number of rotatable bonds is 5. The molecule has 2 aromatic rings. The van der Waals surface area contributed by atoms with Crippen LogP contribution >= 0.6 is 11.6 Å². The van der Waals surface area contributed by atoms with E-state index in [9.17, 15) is 4.79 Å². The first-order valence-corrected chi connectivity index (χ1v) is 11.0. The summed E-state index contributed by atoms with van der Waals surface area (Å²) >= 11 is 6.05. The number of carbonyl (C=O) groups excluding carboxylic acids is 1. The molecule has 7 nitrogen and oxygen atoms in total. The summed E-state index contributed by atoms with van der Waals surface area (Å²) in [7, 11) is 0. The molecule has 2 fully saturated rings. The van der Waals surface area contributed by atoms with Crippen molar-refractivity contribution in [3.63, 3.8) is 0 Å². The Morgan fingerprint density at radius 2 is 2.07 bits per heavy atom. The number of carbonyl (C=O) groups is 1. The molecule has 2 N–H and O–H groups in total. The number of benzene rings is 1. The van der Waals surface area contributed by atoms with Crippen molar-refractivity contribution >= 4 is 23.6 Å². The van der Waals surface area contributed by atoms with E-state index in [1.54, 1.807) is 0 Å². The highest BCUT2D eigenvalue weighted by atomic mass is 35.5. The summed E-state index contributed by atoms with van der Waals surface area (Å²) in [5.41, 5.74) is 3.03. The number of aromatic nitrogens is 2. The Morgan fingerprint density at radius 3 is 2.83 bits per heavy atom. The lowest BCUT2D eigenvalue weighted by molar-refractivity contribution is 0.0903. The standard InChI is InChI=1S/C22H26ClN5O2/c23-16-3-1-2-14(10-16)11-25-22(29)28-13-19-18(20(28)15-4-5-15)12-24-21(27-19)26-17-6-8-30-9-7-17/h1-3,10,12,15,17,20H,4-9,11,13H2,(H,25,29)(H,24,26,27). The normalized spacial score (nSPS) is 21.4. The predicted molar refractivity (Wildman–Crippen MR) is 114 cm³/mol. The molecule has 0 spiro atoms. The van der Waals surface area contributed by atoms with Gasteiger partial charge in [0.05, 0.1) is 18.3 Å². The van der Waals surface area contributed by atoms with Crippen molar-refractivity contribution in [2.75, 3.05) is 18.5 Å². The van der Waals surface area contributed by atoms with E-state index in [-0.39, 0.29) is 12.1 Å². The fraction of sp³-hybridized carbons (Fsp3) is 0.500. The molecule has 0 bridgehead atoms. The molecule has 1 saturated carbocycles. The third-order valence-electron chi connectivity index (χ3n) is 6.09. The van der Waals surface area contributed by atoms with Gasteiger partial charge in [-0.2, -0.15) is 0 Å². The topological polar surface area (TPSA) is 79.4 Å². The lowest BCUT2D eigenvalue weighted by Crippen LogP contribution is -2.39. The summed E-state index contributed by atoms with van der Waals surface area (Å²) in [6.07, 6.45) is 6.12. The van der Waals surface area contributed by atoms with Gasteiger partial charge in [-0.1, -0.05) is 23.7 Å². The second kappa shape index (κ2) is 8.40. The molecule has 1 aromatic heterocycles. The zero-order valence-corrected chi connectivity index (χ0v) is 17.6. The first-order chi connectivity index (χ1) is 14.7. The summed E-state index contributed by atoms with van der Waals surface area (Å²) in [6.45, 7) is 2.51. The summed E-state index contributed by atoms with van der Waals surface area (Å²) in [4.78, 5) is 24.3. The molecular formula is C22H26ClN5O2. The van der Waals surface area contributed by atoms with Gasteiger partial charge in [-0.25, -0.2) is 14.8 Å². The Morgan fingerprint density at radius 1 is 1.23 bits per heavy atom. The van der Waals surface area contributed by atoms with Crippen LogP contribution in [0.25, 0.3) is 0 Å². The second-order valence-corrected chi connectivity index (χ2v) is 8.76. The Hall–Kier alpha value is -2.38. The summed E-state index contributed by atoms with van der Waals surface area (Å²) in [5, 5.41) is 7.15. The van der Waals surface area contributed by atoms with Gasteiger partial charge in [-0.05, 0) is 49.3 Å². The van der Waals surface area contributed by atoms with Gasteiger partial charge in [0.1, 0.15) is 0 Å². The molecule has 8 heteroatoms. The van der Waals surface area contributed by atoms with Gasteiger partial charge in [-0.15, -0.1) is 0 Å². The maximum Gasteiger partial charge on any atom is 0.318 e. The molecule has 1 aliphatic carbocycles. The van der Waals surface area contributed by atoms with Crippen molar-refractivity contribution in [1.82, 2.24) is 20.2 Å². The van der Waals surface area contributed by atoms with E-state index in [1.807, 2.05) is 35.4 Å². The van der Waals surface area contributed by atoms with Crippen LogP contribution < -0.4 is 10.6 Å². The molecule has 2 amide bonds. The van der Waals surface area contributed by atoms with Crippen molar-refractivity contribution in [2.45, 2.75) is 50.9 Å². The van der Waals surface area contributed by atoms with Crippen molar-refractivity contribution < 1.29 is 9.53 Å². The molecule has 2 aliphatic heterocycles. The molecule has 0 radical (unpaired) electrons. The number of nitrogens with one attached hydrogen (secondary N) is 2. The molecule has 1 aromatic carbocycles. The number of hydrogen-bond acceptors (Lipinski definition) is 5. The number of nitrogens with zero attached hydrogens (tertiary/aromatic N) is 3. The van der Waals surface area contributed by atoms with Crippen LogP contribution in [-0.2, 0) is 17.8 Å². The number of amides is 2. The number of urea groups is 1. The van der Waals surface area contributed by atoms with Crippen LogP contribution in [0.5, 0.6) is 0 Å². The Labute approximate surface area is 181 Å². The maximum atomic E-state index is 13.0. The molecular weight excluding hydrogens is 402 g/mol. The second-order valence-electron chi connectivity index (χ2n) is 8.33. The largest absolute Gasteiger partial charge is 0.381 e. The van der Waals surface area contributed by atoms with Gasteiger partial charge in [-0.3, -0.25) is 0 Å². The third kappa shape index (κ3) is 4.23. The van der Waals surface area contributed by atoms with Crippen LogP contribution in [0.3, 0.4) is 0 Å². The summed E-state index contributed by atoms with van der Waals surface area (Å²) in [6, 6.07) is 7.90. The smallest absolute Gasteiger partial charge is 0.318 e. The van der Waals surface area contributed by atoms with Crippen LogP contribution in [0.4, 0.5) is 10.7 Å². The van der Waals surface area contributed by atoms with E-state index in [0.717, 1.165) is 55.7 Å². The van der Waals surface area contributed by atoms with E-state index in [4.69, 9.17) is 21.3 Å². The maximum absolute atomic E-state index is 13.0. The fourth-order valence-corrected chi connectivity index (χ4v) is 4.58. The van der Waals surface area contributed by atoms with Gasteiger partial charge in [0.15, 0.2) is 0 Å². The minimum atomic E-state index is -0.0659. The number of ether oxygens (including phenoxy) is 1. The molecule has 158 valence electrons. The van der Waals surface area contributed by atoms with Crippen molar-refractivity contribution in [2.24, 2.45) is 5.92 Å². The SMILES string of the molecule is O=C(NCc1cccc(Cl)c1)N1Cc2nc(NC3CCOCC3)ncc2C1C1CC1. The minimum absolute atomic E-state index is 0.0659. The summed E-state index contributed by atoms with van der Waals surface area (Å²) < 4.78 is 5.42. The quantitative estimate of drug-likeness (QED) is 0.756. The van der Waals surface area contributed by atoms with Gasteiger partial charge in [0, 0.05) is 42.6 Å². The van der Waals surface area contributed by atoms with E-state index in [0.29, 0.717) is 36.0 Å². The number of halogens is 1. The summed E-state index contributed by atoms with van der Waals surface area (Å²) in [5.74, 6) is 1.15. The zero-order valence-electron chi connectivity index (χ0n) is 16.8. The lowest BCUT2D eigenvalue weighted by atomic mass is 10.1. The van der Waals surface area contributed by atoms with Crippen LogP contribution in [0, 0.1) is 5.92 Å². The highest BCUT2D eigenvalue weighted by Gasteiger charge is 2.44. The molecule has 1 atom stereocenters. The van der Waals surface area contributed by atoms with Crippen molar-refractivity contribution in [3.05, 3.63) is 52.3 Å². The van der Waals surface area contributed by atoms with E-state index in [1.165, 1.54) is 0 Å². The number of anilines is 1. The highest BCUT2D eigenvalue weighted by molar-refractivity contribution is 6.30. The Kier molecular flexibility index (Phi) is 5.48. The number of hydrogen-bond donors (Lipinski definition) is 2. The Balaban J connectivity index is 1.28. The molecule has 5 rings (SSSR count). The monoisotopic (exact) mass is 427 g/mol. The molecule has 3 aliphatic rings. The van der Waals surface area contributed by atoms with E-state index in [2.05, 4.69) is 15.6 Å². The minimum Gasteiger partial charge on any atom is -0.381 e. The van der Waals surface area contributed by atoms with Crippen molar-refractivity contribution in [3.8, 4) is 0 Å². The van der Waals surface area contributed by atoms with Gasteiger partial charge in [0.2, 0.25) is 5.95 Å². The van der Waals surface area contributed by atoms with Gasteiger partial charge in [0.25, 0.3) is 0 Å². The highest BCUT2D eigenvalue weighted by Crippen LogP contribution is 2.48. The van der Waals surface area contributed by atoms with Crippen LogP contribution in [0.1, 0.15) is 48.5 Å². The van der Waals surface area contributed by atoms with E-state index < -0.39 is 0 Å². The zero-order chi connectivity index (χ0) is 20.5. The van der Waals surface area contributed by atoms with Crippen LogP contribution in [0.15, 0.2) is 30.5 Å². The average molecular weight is 428 g/mol. The lowest BCUT2D eigenvalue weighted by Gasteiger charge is -2.25. The third-order valence-corrected chi connectivity index (χ3v) is 6.33. The molecule has 1 saturated heterocycles. The molecule has 3 heterocycles. The predicted octanol–water partition coefficient (Wildman–Crippen LogP) is 3.90. The Bertz CT molecular complexity index is 929. The van der Waals surface area contributed by atoms with Crippen LogP contribution in [-0.4, -0.2) is 40.2 Å².